The molecule has 0 fully saturated rings. The molecular formula is C8H9N5O2S. The van der Waals surface area contributed by atoms with E-state index in [9.17, 15) is 9.00 Å². The number of carbonyl (C=O) groups excluding carboxylic acids is 1. The molecule has 1 aliphatic rings. The molecule has 0 radical (unpaired) electrons. The van der Waals surface area contributed by atoms with Crippen LogP contribution in [0.15, 0.2) is 21.3 Å². The van der Waals surface area contributed by atoms with Crippen molar-refractivity contribution in [2.75, 3.05) is 5.75 Å². The first-order chi connectivity index (χ1) is 7.53. The van der Waals surface area contributed by atoms with E-state index in [1.54, 1.807) is 0 Å². The van der Waals surface area contributed by atoms with E-state index in [4.69, 9.17) is 4.78 Å². The molecule has 2 amide bonds. The van der Waals surface area contributed by atoms with E-state index in [1.165, 1.54) is 6.20 Å². The minimum absolute atomic E-state index is 0.0817. The summed E-state index contributed by atoms with van der Waals surface area (Å²) in [4.78, 5) is 25.6. The van der Waals surface area contributed by atoms with E-state index in [-0.39, 0.29) is 21.8 Å². The fourth-order valence-electron chi connectivity index (χ4n) is 1.27. The smallest absolute Gasteiger partial charge is 0.246 e. The van der Waals surface area contributed by atoms with Crippen molar-refractivity contribution in [2.45, 2.75) is 18.5 Å². The lowest BCUT2D eigenvalue weighted by molar-refractivity contribution is 0.256. The standard InChI is InChI=1S/C8H9N5O2S/c1-2-3-16(9,15)8-10-4-5-6(13-8)12-7(14)11-5/h4,9H,2-3H2,1H3. The summed E-state index contributed by atoms with van der Waals surface area (Å²) in [5.74, 6) is 0.191. The summed E-state index contributed by atoms with van der Waals surface area (Å²) >= 11 is 0. The van der Waals surface area contributed by atoms with Gasteiger partial charge in [0.05, 0.1) is 6.20 Å². The van der Waals surface area contributed by atoms with Crippen molar-refractivity contribution < 1.29 is 9.00 Å². The van der Waals surface area contributed by atoms with Gasteiger partial charge in [-0.05, 0) is 6.42 Å². The summed E-state index contributed by atoms with van der Waals surface area (Å²) < 4.78 is 19.5. The maximum atomic E-state index is 11.9. The Balaban J connectivity index is 2.58. The van der Waals surface area contributed by atoms with Crippen LogP contribution in [0, 0.1) is 4.78 Å². The Kier molecular flexibility index (Phi) is 2.50. The number of carbonyl (C=O) groups is 1. The maximum absolute atomic E-state index is 11.9. The van der Waals surface area contributed by atoms with E-state index in [2.05, 4.69) is 20.0 Å². The van der Waals surface area contributed by atoms with E-state index >= 15 is 0 Å². The van der Waals surface area contributed by atoms with Crippen LogP contribution < -0.4 is 10.8 Å². The molecule has 1 aromatic heterocycles. The number of nitrogens with zero attached hydrogens (tertiary/aromatic N) is 4. The van der Waals surface area contributed by atoms with Crippen LogP contribution in [-0.4, -0.2) is 26.0 Å². The molecule has 1 aliphatic heterocycles. The summed E-state index contributed by atoms with van der Waals surface area (Å²) in [7, 11) is -2.98. The number of hydrogen-bond acceptors (Lipinski definition) is 5. The Morgan fingerprint density at radius 2 is 2.19 bits per heavy atom. The van der Waals surface area contributed by atoms with E-state index in [1.807, 2.05) is 6.92 Å². The Bertz CT molecular complexity index is 664. The molecule has 1 N–H and O–H groups in total. The lowest BCUT2D eigenvalue weighted by Gasteiger charge is -2.01. The van der Waals surface area contributed by atoms with Gasteiger partial charge in [0, 0.05) is 5.75 Å². The molecule has 0 saturated carbocycles. The molecule has 8 heteroatoms. The van der Waals surface area contributed by atoms with Gasteiger partial charge < -0.3 is 0 Å². The van der Waals surface area contributed by atoms with Crippen molar-refractivity contribution in [1.29, 1.82) is 4.78 Å². The van der Waals surface area contributed by atoms with Crippen LogP contribution in [-0.2, 0) is 9.73 Å². The highest BCUT2D eigenvalue weighted by atomic mass is 32.2. The molecule has 7 nitrogen and oxygen atoms in total. The molecule has 0 bridgehead atoms. The number of urea groups is 1. The monoisotopic (exact) mass is 239 g/mol. The predicted molar refractivity (Wildman–Crippen MR) is 54.0 cm³/mol. The quantitative estimate of drug-likeness (QED) is 0.728. The molecule has 0 aliphatic carbocycles. The summed E-state index contributed by atoms with van der Waals surface area (Å²) in [6.45, 7) is 1.82. The van der Waals surface area contributed by atoms with Gasteiger partial charge in [-0.25, -0.2) is 18.8 Å². The first kappa shape index (κ1) is 10.8. The topological polar surface area (TPSA) is 108 Å². The minimum atomic E-state index is -2.98. The normalized spacial score (nSPS) is 17.2. The Hall–Kier alpha value is -1.70. The largest absolute Gasteiger partial charge is 0.369 e. The van der Waals surface area contributed by atoms with Gasteiger partial charge in [-0.3, -0.25) is 0 Å². The zero-order valence-corrected chi connectivity index (χ0v) is 9.32. The average Bonchev–Trinajstić information content (AvgIpc) is 2.56. The van der Waals surface area contributed by atoms with Gasteiger partial charge in [0.2, 0.25) is 5.16 Å². The summed E-state index contributed by atoms with van der Waals surface area (Å²) in [5.41, 5.74) is 0.103. The van der Waals surface area contributed by atoms with Gasteiger partial charge in [0.25, 0.3) is 0 Å². The van der Waals surface area contributed by atoms with Crippen molar-refractivity contribution in [1.82, 2.24) is 9.97 Å². The Morgan fingerprint density at radius 1 is 1.44 bits per heavy atom. The third-order valence-electron chi connectivity index (χ3n) is 1.93. The van der Waals surface area contributed by atoms with Crippen molar-refractivity contribution >= 4 is 15.8 Å². The maximum Gasteiger partial charge on any atom is 0.369 e. The van der Waals surface area contributed by atoms with Crippen LogP contribution in [0.1, 0.15) is 13.3 Å². The predicted octanol–water partition coefficient (Wildman–Crippen LogP) is -0.335. The first-order valence-electron chi connectivity index (χ1n) is 4.64. The van der Waals surface area contributed by atoms with Gasteiger partial charge in [-0.1, -0.05) is 6.92 Å². The van der Waals surface area contributed by atoms with E-state index in [0.717, 1.165) is 0 Å². The highest BCUT2D eigenvalue weighted by Gasteiger charge is 2.15. The SMILES string of the molecule is CCCS(=N)(=O)c1ncc2c(n1)=NC(=O)N=2. The summed E-state index contributed by atoms with van der Waals surface area (Å²) in [5, 5.41) is 0.183. The molecule has 0 saturated heterocycles. The highest BCUT2D eigenvalue weighted by molar-refractivity contribution is 7.92. The van der Waals surface area contributed by atoms with Crippen molar-refractivity contribution in [3.8, 4) is 0 Å². The van der Waals surface area contributed by atoms with E-state index < -0.39 is 15.8 Å². The highest BCUT2D eigenvalue weighted by Crippen LogP contribution is 2.03. The average molecular weight is 239 g/mol. The minimum Gasteiger partial charge on any atom is -0.246 e. The number of rotatable bonds is 3. The second kappa shape index (κ2) is 3.71. The molecule has 1 atom stereocenters. The molecule has 1 aromatic rings. The third-order valence-corrected chi connectivity index (χ3v) is 3.70. The van der Waals surface area contributed by atoms with Crippen LogP contribution in [0.25, 0.3) is 0 Å². The lowest BCUT2D eigenvalue weighted by Crippen LogP contribution is -2.29. The van der Waals surface area contributed by atoms with Gasteiger partial charge in [-0.2, -0.15) is 15.0 Å². The van der Waals surface area contributed by atoms with Gasteiger partial charge in [-0.15, -0.1) is 0 Å². The third kappa shape index (κ3) is 1.83. The number of amides is 2. The molecule has 2 heterocycles. The van der Waals surface area contributed by atoms with Crippen molar-refractivity contribution in [2.24, 2.45) is 9.98 Å². The summed E-state index contributed by atoms with van der Waals surface area (Å²) in [6.07, 6.45) is 1.87. The van der Waals surface area contributed by atoms with Crippen molar-refractivity contribution in [3.05, 3.63) is 17.0 Å². The van der Waals surface area contributed by atoms with Crippen LogP contribution in [0.3, 0.4) is 0 Å². The fourth-order valence-corrected chi connectivity index (χ4v) is 2.48. The van der Waals surface area contributed by atoms with Crippen molar-refractivity contribution in [3.63, 3.8) is 0 Å². The van der Waals surface area contributed by atoms with Crippen LogP contribution in [0.2, 0.25) is 0 Å². The molecule has 2 rings (SSSR count). The zero-order chi connectivity index (χ0) is 11.8. The number of hydrogen-bond donors (Lipinski definition) is 1. The number of nitrogens with one attached hydrogen (secondary N) is 1. The van der Waals surface area contributed by atoms with Crippen LogP contribution in [0.5, 0.6) is 0 Å². The molecule has 84 valence electrons. The van der Waals surface area contributed by atoms with Gasteiger partial charge in [0.15, 0.2) is 5.49 Å². The zero-order valence-electron chi connectivity index (χ0n) is 8.51. The molecule has 1 unspecified atom stereocenters. The van der Waals surface area contributed by atoms with Gasteiger partial charge in [0.1, 0.15) is 15.1 Å². The molecule has 16 heavy (non-hydrogen) atoms. The summed E-state index contributed by atoms with van der Waals surface area (Å²) in [6, 6.07) is -0.645. The number of fused-ring (bicyclic) bond motifs is 1. The van der Waals surface area contributed by atoms with Gasteiger partial charge >= 0.3 is 6.03 Å². The number of aromatic nitrogens is 2. The van der Waals surface area contributed by atoms with E-state index in [0.29, 0.717) is 6.42 Å². The van der Waals surface area contributed by atoms with Crippen LogP contribution in [0.4, 0.5) is 4.79 Å². The second-order valence-corrected chi connectivity index (χ2v) is 5.37. The molecule has 0 spiro atoms. The lowest BCUT2D eigenvalue weighted by atomic mass is 10.6. The molecule has 0 aromatic carbocycles. The second-order valence-electron chi connectivity index (χ2n) is 3.25. The Morgan fingerprint density at radius 3 is 2.88 bits per heavy atom. The van der Waals surface area contributed by atoms with Crippen LogP contribution >= 0.6 is 0 Å². The Labute approximate surface area is 91.3 Å². The first-order valence-corrected chi connectivity index (χ1v) is 6.36. The molecular weight excluding hydrogens is 230 g/mol. The fraction of sp³-hybridized carbons (Fsp3) is 0.375.